The number of oxazole rings is 1. The van der Waals surface area contributed by atoms with E-state index < -0.39 is 23.7 Å². The lowest BCUT2D eigenvalue weighted by molar-refractivity contribution is -0.139. The second kappa shape index (κ2) is 6.81. The monoisotopic (exact) mass is 367 g/mol. The summed E-state index contributed by atoms with van der Waals surface area (Å²) in [4.78, 5) is 29.4. The highest BCUT2D eigenvalue weighted by atomic mass is 19.4. The number of halogens is 3. The van der Waals surface area contributed by atoms with Crippen molar-refractivity contribution in [3.63, 3.8) is 0 Å². The number of amides is 2. The molecule has 9 heteroatoms. The Hall–Kier alpha value is -2.84. The van der Waals surface area contributed by atoms with Crippen molar-refractivity contribution in [3.05, 3.63) is 53.2 Å². The van der Waals surface area contributed by atoms with Crippen molar-refractivity contribution >= 4 is 11.8 Å². The highest BCUT2D eigenvalue weighted by Gasteiger charge is 2.36. The molecule has 0 bridgehead atoms. The Bertz CT molecular complexity index is 832. The molecular formula is C17H16F3N3O3. The van der Waals surface area contributed by atoms with Gasteiger partial charge in [0.2, 0.25) is 5.91 Å². The summed E-state index contributed by atoms with van der Waals surface area (Å²) in [6, 6.07) is 4.65. The van der Waals surface area contributed by atoms with Gasteiger partial charge in [0.15, 0.2) is 12.1 Å². The van der Waals surface area contributed by atoms with Gasteiger partial charge in [-0.05, 0) is 18.6 Å². The second-order valence-electron chi connectivity index (χ2n) is 6.06. The Balaban J connectivity index is 1.68. The number of nitrogens with zero attached hydrogens (tertiary/aromatic N) is 2. The van der Waals surface area contributed by atoms with Crippen molar-refractivity contribution in [2.75, 3.05) is 6.54 Å². The molecule has 0 radical (unpaired) electrons. The van der Waals surface area contributed by atoms with Crippen molar-refractivity contribution < 1.29 is 27.2 Å². The number of carbonyl (C=O) groups is 2. The molecule has 1 aliphatic rings. The van der Waals surface area contributed by atoms with Crippen LogP contribution in [0, 0.1) is 6.92 Å². The third-order valence-electron chi connectivity index (χ3n) is 4.19. The first-order valence-electron chi connectivity index (χ1n) is 7.89. The molecule has 1 aromatic carbocycles. The predicted octanol–water partition coefficient (Wildman–Crippen LogP) is 2.53. The van der Waals surface area contributed by atoms with Gasteiger partial charge in [-0.1, -0.05) is 18.2 Å². The number of hydrogen-bond donors (Lipinski definition) is 1. The fraction of sp³-hybridized carbons (Fsp3) is 0.353. The van der Waals surface area contributed by atoms with E-state index in [0.717, 1.165) is 12.5 Å². The first-order chi connectivity index (χ1) is 12.3. The molecule has 2 heterocycles. The summed E-state index contributed by atoms with van der Waals surface area (Å²) in [7, 11) is 0. The van der Waals surface area contributed by atoms with Crippen LogP contribution in [0.4, 0.5) is 13.2 Å². The Kier molecular flexibility index (Phi) is 4.71. The minimum absolute atomic E-state index is 0.0210. The van der Waals surface area contributed by atoms with Gasteiger partial charge < -0.3 is 14.6 Å². The summed E-state index contributed by atoms with van der Waals surface area (Å²) in [6.07, 6.45) is -3.32. The van der Waals surface area contributed by atoms with Crippen LogP contribution in [0.3, 0.4) is 0 Å². The van der Waals surface area contributed by atoms with Crippen LogP contribution in [0.2, 0.25) is 0 Å². The molecule has 0 aliphatic carbocycles. The first-order valence-corrected chi connectivity index (χ1v) is 7.89. The lowest BCUT2D eigenvalue weighted by Crippen LogP contribution is -2.37. The van der Waals surface area contributed by atoms with Crippen LogP contribution in [0.1, 0.15) is 33.8 Å². The summed E-state index contributed by atoms with van der Waals surface area (Å²) in [6.45, 7) is 1.56. The van der Waals surface area contributed by atoms with Crippen molar-refractivity contribution in [2.24, 2.45) is 0 Å². The van der Waals surface area contributed by atoms with Crippen molar-refractivity contribution in [1.29, 1.82) is 0 Å². The third kappa shape index (κ3) is 3.71. The fourth-order valence-corrected chi connectivity index (χ4v) is 2.94. The Morgan fingerprint density at radius 1 is 1.38 bits per heavy atom. The van der Waals surface area contributed by atoms with E-state index in [1.54, 1.807) is 6.92 Å². The van der Waals surface area contributed by atoms with Crippen LogP contribution < -0.4 is 5.32 Å². The smallest absolute Gasteiger partial charge is 0.416 e. The van der Waals surface area contributed by atoms with E-state index >= 15 is 0 Å². The molecule has 6 nitrogen and oxygen atoms in total. The molecule has 26 heavy (non-hydrogen) atoms. The molecule has 0 unspecified atom stereocenters. The fourth-order valence-electron chi connectivity index (χ4n) is 2.94. The average Bonchev–Trinajstić information content (AvgIpc) is 3.13. The topological polar surface area (TPSA) is 75.4 Å². The molecule has 1 N–H and O–H groups in total. The lowest BCUT2D eigenvalue weighted by Gasteiger charge is -2.20. The number of likely N-dealkylation sites (tertiary alicyclic amines) is 1. The maximum Gasteiger partial charge on any atom is 0.416 e. The van der Waals surface area contributed by atoms with Gasteiger partial charge in [-0.25, -0.2) is 4.98 Å². The van der Waals surface area contributed by atoms with Gasteiger partial charge in [0.1, 0.15) is 5.76 Å². The number of nitrogens with one attached hydrogen (secondary N) is 1. The van der Waals surface area contributed by atoms with Crippen molar-refractivity contribution in [2.45, 2.75) is 32.1 Å². The summed E-state index contributed by atoms with van der Waals surface area (Å²) in [5.41, 5.74) is -0.621. The standard InChI is InChI=1S/C17H16F3N3O3/c1-10-15(21-9-26-10)16(25)22-12-6-14(24)23(8-12)7-11-4-2-3-5-13(11)17(18,19)20/h2-5,9,12H,6-8H2,1H3,(H,22,25)/t12-/m1/s1. The van der Waals surface area contributed by atoms with Crippen molar-refractivity contribution in [3.8, 4) is 0 Å². The number of aromatic nitrogens is 1. The first kappa shape index (κ1) is 18.0. The summed E-state index contributed by atoms with van der Waals surface area (Å²) >= 11 is 0. The normalized spacial score (nSPS) is 17.6. The summed E-state index contributed by atoms with van der Waals surface area (Å²) in [5.74, 6) is -0.446. The largest absolute Gasteiger partial charge is 0.448 e. The molecule has 3 rings (SSSR count). The zero-order chi connectivity index (χ0) is 18.9. The Labute approximate surface area is 147 Å². The van der Waals surface area contributed by atoms with Crippen LogP contribution in [-0.2, 0) is 17.5 Å². The molecule has 1 fully saturated rings. The number of carbonyl (C=O) groups excluding carboxylic acids is 2. The molecule has 1 aliphatic heterocycles. The minimum Gasteiger partial charge on any atom is -0.448 e. The number of alkyl halides is 3. The molecule has 138 valence electrons. The van der Waals surface area contributed by atoms with Gasteiger partial charge in [0.05, 0.1) is 11.6 Å². The van der Waals surface area contributed by atoms with Gasteiger partial charge in [0, 0.05) is 19.5 Å². The molecule has 1 saturated heterocycles. The van der Waals surface area contributed by atoms with Gasteiger partial charge in [-0.3, -0.25) is 9.59 Å². The van der Waals surface area contributed by atoms with E-state index in [9.17, 15) is 22.8 Å². The van der Waals surface area contributed by atoms with Crippen molar-refractivity contribution in [1.82, 2.24) is 15.2 Å². The lowest BCUT2D eigenvalue weighted by atomic mass is 10.1. The highest BCUT2D eigenvalue weighted by Crippen LogP contribution is 2.32. The predicted molar refractivity (Wildman–Crippen MR) is 84.0 cm³/mol. The quantitative estimate of drug-likeness (QED) is 0.901. The maximum absolute atomic E-state index is 13.1. The number of benzene rings is 1. The Morgan fingerprint density at radius 2 is 2.12 bits per heavy atom. The van der Waals surface area contributed by atoms with Gasteiger partial charge in [-0.2, -0.15) is 13.2 Å². The molecule has 1 aromatic heterocycles. The minimum atomic E-state index is -4.49. The zero-order valence-corrected chi connectivity index (χ0v) is 13.8. The van der Waals surface area contributed by atoms with Crippen LogP contribution in [-0.4, -0.2) is 34.3 Å². The maximum atomic E-state index is 13.1. The van der Waals surface area contributed by atoms with Crippen LogP contribution in [0.25, 0.3) is 0 Å². The average molecular weight is 367 g/mol. The molecule has 2 aromatic rings. The van der Waals surface area contributed by atoms with Gasteiger partial charge in [-0.15, -0.1) is 0 Å². The van der Waals surface area contributed by atoms with Crippen LogP contribution >= 0.6 is 0 Å². The van der Waals surface area contributed by atoms with E-state index in [1.807, 2.05) is 0 Å². The molecule has 0 spiro atoms. The molecule has 1 atom stereocenters. The number of aryl methyl sites for hydroxylation is 1. The number of rotatable bonds is 4. The SMILES string of the molecule is Cc1ocnc1C(=O)N[C@@H]1CC(=O)N(Cc2ccccc2C(F)(F)F)C1. The van der Waals surface area contributed by atoms with Gasteiger partial charge >= 0.3 is 6.18 Å². The molecule has 0 saturated carbocycles. The Morgan fingerprint density at radius 3 is 2.77 bits per heavy atom. The van der Waals surface area contributed by atoms with Crippen LogP contribution in [0.5, 0.6) is 0 Å². The van der Waals surface area contributed by atoms with E-state index in [-0.39, 0.29) is 36.7 Å². The van der Waals surface area contributed by atoms with E-state index in [1.165, 1.54) is 23.1 Å². The highest BCUT2D eigenvalue weighted by molar-refractivity contribution is 5.94. The zero-order valence-electron chi connectivity index (χ0n) is 13.8. The van der Waals surface area contributed by atoms with E-state index in [0.29, 0.717) is 5.76 Å². The second-order valence-corrected chi connectivity index (χ2v) is 6.06. The van der Waals surface area contributed by atoms with Crippen LogP contribution in [0.15, 0.2) is 35.1 Å². The van der Waals surface area contributed by atoms with Gasteiger partial charge in [0.25, 0.3) is 5.91 Å². The number of hydrogen-bond acceptors (Lipinski definition) is 4. The molecule has 2 amide bonds. The molecular weight excluding hydrogens is 351 g/mol. The summed E-state index contributed by atoms with van der Waals surface area (Å²) < 4.78 is 44.2. The van der Waals surface area contributed by atoms with E-state index in [2.05, 4.69) is 10.3 Å². The third-order valence-corrected chi connectivity index (χ3v) is 4.19. The van der Waals surface area contributed by atoms with E-state index in [4.69, 9.17) is 4.42 Å². The summed E-state index contributed by atoms with van der Waals surface area (Å²) in [5, 5.41) is 2.67.